The van der Waals surface area contributed by atoms with E-state index in [2.05, 4.69) is 66.0 Å². The van der Waals surface area contributed by atoms with E-state index in [4.69, 9.17) is 4.74 Å². The van der Waals surface area contributed by atoms with E-state index in [1.54, 1.807) is 7.11 Å². The molecule has 1 aromatic heterocycles. The van der Waals surface area contributed by atoms with Crippen LogP contribution in [0.5, 0.6) is 5.75 Å². The van der Waals surface area contributed by atoms with Crippen LogP contribution < -0.4 is 10.1 Å². The predicted molar refractivity (Wildman–Crippen MR) is 107 cm³/mol. The summed E-state index contributed by atoms with van der Waals surface area (Å²) in [5.74, 6) is 1.58. The zero-order valence-corrected chi connectivity index (χ0v) is 14.9. The molecule has 3 heteroatoms. The van der Waals surface area contributed by atoms with E-state index in [1.165, 1.54) is 36.9 Å². The molecule has 0 spiro atoms. The molecule has 0 bridgehead atoms. The number of methoxy groups -OCH3 is 1. The minimum absolute atomic E-state index is 0.674. The minimum Gasteiger partial charge on any atom is -0.497 e. The third-order valence-electron chi connectivity index (χ3n) is 5.13. The maximum Gasteiger partial charge on any atom is 0.120 e. The molecule has 0 amide bonds. The molecule has 3 aromatic carbocycles. The molecule has 1 saturated heterocycles. The molecule has 0 radical (unpaired) electrons. The maximum absolute atomic E-state index is 5.53. The number of benzene rings is 3. The van der Waals surface area contributed by atoms with Gasteiger partial charge in [0.1, 0.15) is 5.75 Å². The van der Waals surface area contributed by atoms with Crippen LogP contribution in [0, 0.1) is 0 Å². The lowest BCUT2D eigenvalue weighted by molar-refractivity contribution is 0.415. The van der Waals surface area contributed by atoms with Crippen LogP contribution in [0.2, 0.25) is 0 Å². The number of hydrogen-bond donors (Lipinski definition) is 1. The van der Waals surface area contributed by atoms with Gasteiger partial charge in [-0.15, -0.1) is 11.3 Å². The highest BCUT2D eigenvalue weighted by molar-refractivity contribution is 7.22. The van der Waals surface area contributed by atoms with Crippen LogP contribution in [0.3, 0.4) is 0 Å². The molecule has 0 unspecified atom stereocenters. The van der Waals surface area contributed by atoms with Crippen LogP contribution in [-0.2, 0) is 0 Å². The van der Waals surface area contributed by atoms with Gasteiger partial charge >= 0.3 is 0 Å². The topological polar surface area (TPSA) is 21.3 Å². The normalized spacial score (nSPS) is 14.8. The van der Waals surface area contributed by atoms with Crippen LogP contribution in [0.4, 0.5) is 0 Å². The molecule has 1 aliphatic rings. The molecule has 0 aliphatic carbocycles. The standard InChI is InChI=1S/C22H19NOS/c1-24-18-8-15-4-2-3-5-19(15)20(11-18)22-10-16-7-6-14(9-21(16)25-22)17-12-23-13-17/h2-11,17,23H,12-13H2,1H3. The molecule has 4 aromatic rings. The summed E-state index contributed by atoms with van der Waals surface area (Å²) in [6.07, 6.45) is 0. The van der Waals surface area contributed by atoms with Crippen molar-refractivity contribution in [2.45, 2.75) is 5.92 Å². The molecule has 1 aliphatic heterocycles. The van der Waals surface area contributed by atoms with Gasteiger partial charge in [0, 0.05) is 34.1 Å². The van der Waals surface area contributed by atoms with Gasteiger partial charge in [-0.25, -0.2) is 0 Å². The highest BCUT2D eigenvalue weighted by Crippen LogP contribution is 2.40. The molecular weight excluding hydrogens is 326 g/mol. The fourth-order valence-electron chi connectivity index (χ4n) is 3.56. The zero-order chi connectivity index (χ0) is 16.8. The van der Waals surface area contributed by atoms with Gasteiger partial charge in [0.05, 0.1) is 7.11 Å². The zero-order valence-electron chi connectivity index (χ0n) is 14.1. The number of hydrogen-bond acceptors (Lipinski definition) is 3. The average Bonchev–Trinajstić information content (AvgIpc) is 3.02. The van der Waals surface area contributed by atoms with Gasteiger partial charge in [-0.2, -0.15) is 0 Å². The van der Waals surface area contributed by atoms with Gasteiger partial charge in [-0.3, -0.25) is 0 Å². The van der Waals surface area contributed by atoms with Crippen molar-refractivity contribution < 1.29 is 4.74 Å². The van der Waals surface area contributed by atoms with Crippen molar-refractivity contribution in [3.63, 3.8) is 0 Å². The van der Waals surface area contributed by atoms with Crippen molar-refractivity contribution in [3.8, 4) is 16.2 Å². The quantitative estimate of drug-likeness (QED) is 0.535. The number of nitrogens with one attached hydrogen (secondary N) is 1. The number of ether oxygens (including phenoxy) is 1. The Morgan fingerprint density at radius 1 is 0.960 bits per heavy atom. The van der Waals surface area contributed by atoms with Crippen LogP contribution in [0.1, 0.15) is 11.5 Å². The lowest BCUT2D eigenvalue weighted by Crippen LogP contribution is -2.39. The lowest BCUT2D eigenvalue weighted by Gasteiger charge is -2.27. The van der Waals surface area contributed by atoms with E-state index in [0.717, 1.165) is 18.8 Å². The van der Waals surface area contributed by atoms with Crippen molar-refractivity contribution in [2.24, 2.45) is 0 Å². The summed E-state index contributed by atoms with van der Waals surface area (Å²) in [6, 6.07) is 22.0. The van der Waals surface area contributed by atoms with Crippen molar-refractivity contribution in [3.05, 3.63) is 66.2 Å². The number of thiophene rings is 1. The van der Waals surface area contributed by atoms with Gasteiger partial charge in [-0.05, 0) is 46.0 Å². The Morgan fingerprint density at radius 2 is 1.84 bits per heavy atom. The van der Waals surface area contributed by atoms with Crippen molar-refractivity contribution in [1.82, 2.24) is 5.32 Å². The highest BCUT2D eigenvalue weighted by Gasteiger charge is 2.19. The second kappa shape index (κ2) is 5.87. The van der Waals surface area contributed by atoms with E-state index in [0.29, 0.717) is 5.92 Å². The predicted octanol–water partition coefficient (Wildman–Crippen LogP) is 5.42. The Bertz CT molecular complexity index is 1080. The summed E-state index contributed by atoms with van der Waals surface area (Å²) in [5, 5.41) is 7.18. The molecule has 1 N–H and O–H groups in total. The van der Waals surface area contributed by atoms with Gasteiger partial charge < -0.3 is 10.1 Å². The van der Waals surface area contributed by atoms with Crippen molar-refractivity contribution >= 4 is 32.2 Å². The van der Waals surface area contributed by atoms with Gasteiger partial charge in [0.15, 0.2) is 0 Å². The van der Waals surface area contributed by atoms with E-state index >= 15 is 0 Å². The van der Waals surface area contributed by atoms with Crippen LogP contribution >= 0.6 is 11.3 Å². The first-order valence-electron chi connectivity index (χ1n) is 8.63. The second-order valence-corrected chi connectivity index (χ2v) is 7.74. The van der Waals surface area contributed by atoms with E-state index in [-0.39, 0.29) is 0 Å². The van der Waals surface area contributed by atoms with Crippen LogP contribution in [-0.4, -0.2) is 20.2 Å². The largest absolute Gasteiger partial charge is 0.497 e. The third kappa shape index (κ3) is 2.51. The monoisotopic (exact) mass is 345 g/mol. The third-order valence-corrected chi connectivity index (χ3v) is 6.26. The highest BCUT2D eigenvalue weighted by atomic mass is 32.1. The summed E-state index contributed by atoms with van der Waals surface area (Å²) in [5.41, 5.74) is 2.71. The maximum atomic E-state index is 5.53. The molecule has 5 rings (SSSR count). The molecule has 0 atom stereocenters. The molecule has 2 heterocycles. The SMILES string of the molecule is COc1cc(-c2cc3ccc(C4CNC4)cc3s2)c2ccccc2c1. The summed E-state index contributed by atoms with van der Waals surface area (Å²) >= 11 is 1.87. The fourth-order valence-corrected chi connectivity index (χ4v) is 4.71. The van der Waals surface area contributed by atoms with Crippen LogP contribution in [0.15, 0.2) is 60.7 Å². The second-order valence-electron chi connectivity index (χ2n) is 6.66. The Balaban J connectivity index is 1.68. The Kier molecular flexibility index (Phi) is 3.51. The summed E-state index contributed by atoms with van der Waals surface area (Å²) in [6.45, 7) is 2.20. The van der Waals surface area contributed by atoms with E-state index < -0.39 is 0 Å². The molecule has 2 nitrogen and oxygen atoms in total. The summed E-state index contributed by atoms with van der Waals surface area (Å²) in [7, 11) is 1.73. The van der Waals surface area contributed by atoms with Crippen molar-refractivity contribution in [1.29, 1.82) is 0 Å². The first kappa shape index (κ1) is 14.9. The van der Waals surface area contributed by atoms with Gasteiger partial charge in [0.2, 0.25) is 0 Å². The minimum atomic E-state index is 0.674. The first-order chi connectivity index (χ1) is 12.3. The molecule has 124 valence electrons. The Morgan fingerprint density at radius 3 is 2.64 bits per heavy atom. The van der Waals surface area contributed by atoms with Crippen LogP contribution in [0.25, 0.3) is 31.3 Å². The number of rotatable bonds is 3. The van der Waals surface area contributed by atoms with Gasteiger partial charge in [0.25, 0.3) is 0 Å². The summed E-state index contributed by atoms with van der Waals surface area (Å²) < 4.78 is 6.90. The Labute approximate surface area is 151 Å². The smallest absolute Gasteiger partial charge is 0.120 e. The van der Waals surface area contributed by atoms with Crippen molar-refractivity contribution in [2.75, 3.05) is 20.2 Å². The lowest BCUT2D eigenvalue weighted by atomic mass is 9.93. The Hall–Kier alpha value is -2.36. The molecule has 1 fully saturated rings. The molecule has 25 heavy (non-hydrogen) atoms. The molecular formula is C22H19NOS. The van der Waals surface area contributed by atoms with E-state index in [9.17, 15) is 0 Å². The summed E-state index contributed by atoms with van der Waals surface area (Å²) in [4.78, 5) is 1.30. The van der Waals surface area contributed by atoms with Gasteiger partial charge in [-0.1, -0.05) is 36.4 Å². The average molecular weight is 345 g/mol. The number of fused-ring (bicyclic) bond motifs is 2. The molecule has 0 saturated carbocycles. The first-order valence-corrected chi connectivity index (χ1v) is 9.45. The van der Waals surface area contributed by atoms with E-state index in [1.807, 2.05) is 11.3 Å². The fraction of sp³-hybridized carbons (Fsp3) is 0.182.